The fraction of sp³-hybridized carbons (Fsp3) is 0.833. The van der Waals surface area contributed by atoms with Crippen LogP contribution in [0, 0.1) is 5.92 Å². The van der Waals surface area contributed by atoms with E-state index < -0.39 is 12.0 Å². The highest BCUT2D eigenvalue weighted by molar-refractivity contribution is 5.82. The Bertz CT molecular complexity index is 277. The molecule has 0 aromatic rings. The summed E-state index contributed by atoms with van der Waals surface area (Å²) in [6.45, 7) is 3.87. The molecule has 17 heavy (non-hydrogen) atoms. The number of nitrogens with one attached hydrogen (secondary N) is 2. The summed E-state index contributed by atoms with van der Waals surface area (Å²) in [5, 5.41) is 14.2. The van der Waals surface area contributed by atoms with Crippen LogP contribution < -0.4 is 10.6 Å². The first-order valence-corrected chi connectivity index (χ1v) is 6.34. The first-order chi connectivity index (χ1) is 8.04. The first-order valence-electron chi connectivity index (χ1n) is 6.34. The third-order valence-electron chi connectivity index (χ3n) is 3.40. The standard InChI is InChI=1S/C12H22N2O3/c1-3-5-10(11(15)16)14-12(17)13-8(2)9-6-4-7-9/h8-10H,3-7H2,1-2H3,(H,15,16)(H2,13,14,17)/t8?,10-/m1/s1. The van der Waals surface area contributed by atoms with Crippen molar-refractivity contribution in [3.8, 4) is 0 Å². The zero-order chi connectivity index (χ0) is 12.8. The van der Waals surface area contributed by atoms with Crippen LogP contribution in [0.3, 0.4) is 0 Å². The van der Waals surface area contributed by atoms with Crippen LogP contribution in [0.2, 0.25) is 0 Å². The van der Waals surface area contributed by atoms with E-state index in [1.807, 2.05) is 13.8 Å². The number of carbonyl (C=O) groups is 2. The van der Waals surface area contributed by atoms with E-state index in [4.69, 9.17) is 5.11 Å². The second-order valence-electron chi connectivity index (χ2n) is 4.78. The second-order valence-corrected chi connectivity index (χ2v) is 4.78. The molecule has 2 atom stereocenters. The molecule has 0 heterocycles. The molecule has 0 saturated heterocycles. The van der Waals surface area contributed by atoms with Gasteiger partial charge < -0.3 is 15.7 Å². The molecule has 1 unspecified atom stereocenters. The lowest BCUT2D eigenvalue weighted by Gasteiger charge is -2.32. The number of amides is 2. The summed E-state index contributed by atoms with van der Waals surface area (Å²) in [5.74, 6) is -0.423. The largest absolute Gasteiger partial charge is 0.480 e. The Morgan fingerprint density at radius 1 is 1.35 bits per heavy atom. The van der Waals surface area contributed by atoms with Gasteiger partial charge in [0, 0.05) is 6.04 Å². The van der Waals surface area contributed by atoms with Gasteiger partial charge in [-0.1, -0.05) is 19.8 Å². The number of urea groups is 1. The van der Waals surface area contributed by atoms with Crippen molar-refractivity contribution in [2.45, 2.75) is 58.0 Å². The monoisotopic (exact) mass is 242 g/mol. The highest BCUT2D eigenvalue weighted by atomic mass is 16.4. The summed E-state index contributed by atoms with van der Waals surface area (Å²) in [5.41, 5.74) is 0. The van der Waals surface area contributed by atoms with Gasteiger partial charge in [0.05, 0.1) is 0 Å². The average molecular weight is 242 g/mol. The van der Waals surface area contributed by atoms with Crippen molar-refractivity contribution in [3.63, 3.8) is 0 Å². The quantitative estimate of drug-likeness (QED) is 0.663. The zero-order valence-corrected chi connectivity index (χ0v) is 10.5. The molecule has 0 bridgehead atoms. The maximum absolute atomic E-state index is 11.6. The number of rotatable bonds is 6. The SMILES string of the molecule is CCC[C@@H](NC(=O)NC(C)C1CCC1)C(=O)O. The number of hydrogen-bond acceptors (Lipinski definition) is 2. The van der Waals surface area contributed by atoms with Crippen LogP contribution in [-0.2, 0) is 4.79 Å². The molecule has 0 aliphatic heterocycles. The van der Waals surface area contributed by atoms with Gasteiger partial charge in [-0.25, -0.2) is 9.59 Å². The maximum Gasteiger partial charge on any atom is 0.326 e. The van der Waals surface area contributed by atoms with Crippen molar-refractivity contribution in [2.75, 3.05) is 0 Å². The van der Waals surface area contributed by atoms with E-state index >= 15 is 0 Å². The Morgan fingerprint density at radius 2 is 2.00 bits per heavy atom. The smallest absolute Gasteiger partial charge is 0.326 e. The number of aliphatic carboxylic acids is 1. The molecule has 2 amide bonds. The van der Waals surface area contributed by atoms with E-state index in [-0.39, 0.29) is 12.1 Å². The molecule has 1 saturated carbocycles. The summed E-state index contributed by atoms with van der Waals surface area (Å²) in [6.07, 6.45) is 4.72. The van der Waals surface area contributed by atoms with Crippen molar-refractivity contribution in [1.29, 1.82) is 0 Å². The van der Waals surface area contributed by atoms with E-state index in [2.05, 4.69) is 10.6 Å². The van der Waals surface area contributed by atoms with Gasteiger partial charge in [-0.05, 0) is 32.1 Å². The Labute approximate surface area is 102 Å². The lowest BCUT2D eigenvalue weighted by molar-refractivity contribution is -0.139. The van der Waals surface area contributed by atoms with E-state index in [0.717, 1.165) is 19.3 Å². The first kappa shape index (κ1) is 13.8. The fourth-order valence-electron chi connectivity index (χ4n) is 2.01. The maximum atomic E-state index is 11.6. The van der Waals surface area contributed by atoms with E-state index in [0.29, 0.717) is 12.3 Å². The van der Waals surface area contributed by atoms with Gasteiger partial charge in [0.25, 0.3) is 0 Å². The van der Waals surface area contributed by atoms with Crippen molar-refractivity contribution in [1.82, 2.24) is 10.6 Å². The number of hydrogen-bond donors (Lipinski definition) is 3. The molecule has 1 aliphatic carbocycles. The molecule has 0 aromatic carbocycles. The third-order valence-corrected chi connectivity index (χ3v) is 3.40. The van der Waals surface area contributed by atoms with Gasteiger partial charge >= 0.3 is 12.0 Å². The van der Waals surface area contributed by atoms with Gasteiger partial charge in [0.1, 0.15) is 6.04 Å². The highest BCUT2D eigenvalue weighted by Gasteiger charge is 2.26. The lowest BCUT2D eigenvalue weighted by Crippen LogP contribution is -2.50. The van der Waals surface area contributed by atoms with Gasteiger partial charge in [-0.2, -0.15) is 0 Å². The Balaban J connectivity index is 2.33. The van der Waals surface area contributed by atoms with E-state index in [9.17, 15) is 9.59 Å². The Kier molecular flexibility index (Phi) is 5.25. The molecular weight excluding hydrogens is 220 g/mol. The predicted octanol–water partition coefficient (Wildman–Crippen LogP) is 1.73. The second kappa shape index (κ2) is 6.47. The highest BCUT2D eigenvalue weighted by Crippen LogP contribution is 2.29. The molecule has 1 fully saturated rings. The van der Waals surface area contributed by atoms with Crippen LogP contribution in [0.4, 0.5) is 4.79 Å². The topological polar surface area (TPSA) is 78.4 Å². The summed E-state index contributed by atoms with van der Waals surface area (Å²) < 4.78 is 0. The predicted molar refractivity (Wildman–Crippen MR) is 64.8 cm³/mol. The van der Waals surface area contributed by atoms with Gasteiger partial charge in [-0.3, -0.25) is 0 Å². The van der Waals surface area contributed by atoms with Crippen LogP contribution in [0.25, 0.3) is 0 Å². The minimum atomic E-state index is -0.974. The number of carboxylic acid groups (broad SMARTS) is 1. The molecule has 0 spiro atoms. The molecule has 0 aromatic heterocycles. The van der Waals surface area contributed by atoms with Crippen molar-refractivity contribution >= 4 is 12.0 Å². The number of carbonyl (C=O) groups excluding carboxylic acids is 1. The molecule has 5 nitrogen and oxygen atoms in total. The lowest BCUT2D eigenvalue weighted by atomic mass is 9.80. The van der Waals surface area contributed by atoms with Crippen LogP contribution in [0.5, 0.6) is 0 Å². The molecule has 5 heteroatoms. The Morgan fingerprint density at radius 3 is 2.41 bits per heavy atom. The van der Waals surface area contributed by atoms with E-state index in [1.54, 1.807) is 0 Å². The van der Waals surface area contributed by atoms with Crippen molar-refractivity contribution in [3.05, 3.63) is 0 Å². The molecule has 98 valence electrons. The summed E-state index contributed by atoms with van der Waals surface area (Å²) in [6, 6.07) is -1.03. The summed E-state index contributed by atoms with van der Waals surface area (Å²) in [4.78, 5) is 22.5. The minimum absolute atomic E-state index is 0.125. The molecule has 0 radical (unpaired) electrons. The van der Waals surface area contributed by atoms with Crippen molar-refractivity contribution in [2.24, 2.45) is 5.92 Å². The zero-order valence-electron chi connectivity index (χ0n) is 10.5. The van der Waals surface area contributed by atoms with Crippen LogP contribution in [0.1, 0.15) is 46.0 Å². The van der Waals surface area contributed by atoms with Gasteiger partial charge in [0.2, 0.25) is 0 Å². The van der Waals surface area contributed by atoms with Crippen molar-refractivity contribution < 1.29 is 14.7 Å². The minimum Gasteiger partial charge on any atom is -0.480 e. The molecule has 1 rings (SSSR count). The Hall–Kier alpha value is -1.26. The molecule has 1 aliphatic rings. The molecular formula is C12H22N2O3. The third kappa shape index (κ3) is 4.24. The van der Waals surface area contributed by atoms with Crippen LogP contribution in [-0.4, -0.2) is 29.2 Å². The normalized spacial score (nSPS) is 18.9. The average Bonchev–Trinajstić information content (AvgIpc) is 2.13. The van der Waals surface area contributed by atoms with Crippen LogP contribution >= 0.6 is 0 Å². The van der Waals surface area contributed by atoms with Gasteiger partial charge in [0.15, 0.2) is 0 Å². The van der Waals surface area contributed by atoms with Crippen LogP contribution in [0.15, 0.2) is 0 Å². The summed E-state index contributed by atoms with van der Waals surface area (Å²) in [7, 11) is 0. The summed E-state index contributed by atoms with van der Waals surface area (Å²) >= 11 is 0. The molecule has 3 N–H and O–H groups in total. The number of carboxylic acids is 1. The van der Waals surface area contributed by atoms with E-state index in [1.165, 1.54) is 6.42 Å². The van der Waals surface area contributed by atoms with Gasteiger partial charge in [-0.15, -0.1) is 0 Å². The fourth-order valence-corrected chi connectivity index (χ4v) is 2.01.